The monoisotopic (exact) mass is 429 g/mol. The maximum Gasteiger partial charge on any atom is 0.237 e. The van der Waals surface area contributed by atoms with Gasteiger partial charge in [0, 0.05) is 29.9 Å². The molecule has 0 bridgehead atoms. The Kier molecular flexibility index (Phi) is 7.87. The first-order valence-electron chi connectivity index (χ1n) is 10.4. The van der Waals surface area contributed by atoms with Crippen molar-refractivity contribution in [3.8, 4) is 5.75 Å². The number of methoxy groups -OCH3 is 1. The van der Waals surface area contributed by atoms with Crippen LogP contribution in [-0.2, 0) is 22.6 Å². The molecule has 2 amide bonds. The number of amides is 2. The number of hydrogen-bond donors (Lipinski definition) is 1. The molecular weight excluding hydrogens is 398 g/mol. The van der Waals surface area contributed by atoms with Gasteiger partial charge in [-0.15, -0.1) is 11.3 Å². The van der Waals surface area contributed by atoms with Crippen LogP contribution in [0.4, 0.5) is 0 Å². The molecule has 1 fully saturated rings. The van der Waals surface area contributed by atoms with E-state index in [-0.39, 0.29) is 30.9 Å². The van der Waals surface area contributed by atoms with E-state index in [4.69, 9.17) is 4.74 Å². The lowest BCUT2D eigenvalue weighted by Gasteiger charge is -2.31. The fourth-order valence-electron chi connectivity index (χ4n) is 3.37. The predicted molar refractivity (Wildman–Crippen MR) is 120 cm³/mol. The number of ether oxygens (including phenoxy) is 1. The number of nitrogens with zero attached hydrogens (tertiary/aromatic N) is 2. The van der Waals surface area contributed by atoms with Crippen molar-refractivity contribution in [2.24, 2.45) is 0 Å². The third kappa shape index (κ3) is 6.85. The maximum atomic E-state index is 13.2. The Morgan fingerprint density at radius 3 is 2.53 bits per heavy atom. The molecule has 0 aliphatic heterocycles. The van der Waals surface area contributed by atoms with Crippen LogP contribution < -0.4 is 10.1 Å². The molecule has 1 aromatic heterocycles. The highest BCUT2D eigenvalue weighted by atomic mass is 32.1. The van der Waals surface area contributed by atoms with Crippen LogP contribution in [0.5, 0.6) is 5.75 Å². The first-order chi connectivity index (χ1) is 14.4. The zero-order valence-electron chi connectivity index (χ0n) is 18.0. The highest BCUT2D eigenvalue weighted by Gasteiger charge is 2.25. The van der Waals surface area contributed by atoms with Crippen LogP contribution in [0.1, 0.15) is 30.2 Å². The molecule has 3 rings (SSSR count). The Bertz CT molecular complexity index is 819. The second kappa shape index (κ2) is 10.6. The summed E-state index contributed by atoms with van der Waals surface area (Å²) in [4.78, 5) is 30.2. The van der Waals surface area contributed by atoms with Crippen molar-refractivity contribution in [1.82, 2.24) is 15.1 Å². The highest BCUT2D eigenvalue weighted by molar-refractivity contribution is 7.09. The van der Waals surface area contributed by atoms with Crippen molar-refractivity contribution in [2.45, 2.75) is 44.8 Å². The van der Waals surface area contributed by atoms with E-state index in [1.165, 1.54) is 4.88 Å². The number of carbonyl (C=O) groups excluding carboxylic acids is 2. The van der Waals surface area contributed by atoms with Gasteiger partial charge in [0.25, 0.3) is 0 Å². The summed E-state index contributed by atoms with van der Waals surface area (Å²) in [7, 11) is 3.46. The third-order valence-corrected chi connectivity index (χ3v) is 6.10. The molecule has 0 radical (unpaired) electrons. The molecular formula is C23H31N3O3S. The third-order valence-electron chi connectivity index (χ3n) is 5.20. The lowest BCUT2D eigenvalue weighted by Crippen LogP contribution is -2.46. The Morgan fingerprint density at radius 2 is 1.93 bits per heavy atom. The van der Waals surface area contributed by atoms with Crippen LogP contribution in [0.2, 0.25) is 0 Å². The second-order valence-corrected chi connectivity index (χ2v) is 9.05. The van der Waals surface area contributed by atoms with Crippen LogP contribution in [0.25, 0.3) is 0 Å². The number of hydrogen-bond acceptors (Lipinski definition) is 5. The van der Waals surface area contributed by atoms with E-state index in [0.717, 1.165) is 30.6 Å². The summed E-state index contributed by atoms with van der Waals surface area (Å²) in [5.74, 6) is 0.808. The van der Waals surface area contributed by atoms with E-state index in [9.17, 15) is 9.59 Å². The van der Waals surface area contributed by atoms with E-state index < -0.39 is 0 Å². The van der Waals surface area contributed by atoms with Crippen molar-refractivity contribution in [2.75, 3.05) is 27.2 Å². The summed E-state index contributed by atoms with van der Waals surface area (Å²) in [6.45, 7) is 3.05. The van der Waals surface area contributed by atoms with Crippen LogP contribution in [-0.4, -0.2) is 60.9 Å². The van der Waals surface area contributed by atoms with E-state index >= 15 is 0 Å². The first kappa shape index (κ1) is 22.3. The topological polar surface area (TPSA) is 61.9 Å². The molecule has 1 saturated carbocycles. The van der Waals surface area contributed by atoms with Gasteiger partial charge in [-0.25, -0.2) is 0 Å². The summed E-state index contributed by atoms with van der Waals surface area (Å²) in [6.07, 6.45) is 2.93. The fourth-order valence-corrected chi connectivity index (χ4v) is 4.20. The SMILES string of the molecule is COc1ccc(CN(C(=O)CN(C)CC(=O)NC2CC2)C(C)Cc2cccs2)cc1. The molecule has 7 heteroatoms. The Labute approximate surface area is 182 Å². The average Bonchev–Trinajstić information content (AvgIpc) is 3.37. The molecule has 1 aliphatic carbocycles. The predicted octanol–water partition coefficient (Wildman–Crippen LogP) is 2.93. The molecule has 1 unspecified atom stereocenters. The molecule has 30 heavy (non-hydrogen) atoms. The number of nitrogens with one attached hydrogen (secondary N) is 1. The summed E-state index contributed by atoms with van der Waals surface area (Å²) in [5.41, 5.74) is 1.05. The van der Waals surface area contributed by atoms with E-state index in [1.807, 2.05) is 42.3 Å². The standard InChI is InChI=1S/C23H31N3O3S/c1-17(13-21-5-4-12-30-21)26(14-18-6-10-20(29-3)11-7-18)23(28)16-25(2)15-22(27)24-19-8-9-19/h4-7,10-12,17,19H,8-9,13-16H2,1-3H3,(H,24,27). The van der Waals surface area contributed by atoms with Gasteiger partial charge in [0.2, 0.25) is 11.8 Å². The Balaban J connectivity index is 1.64. The Hall–Kier alpha value is -2.38. The second-order valence-electron chi connectivity index (χ2n) is 8.02. The maximum absolute atomic E-state index is 13.2. The summed E-state index contributed by atoms with van der Waals surface area (Å²) < 4.78 is 5.24. The number of carbonyl (C=O) groups is 2. The van der Waals surface area contributed by atoms with Gasteiger partial charge in [0.05, 0.1) is 20.2 Å². The molecule has 1 aromatic carbocycles. The van der Waals surface area contributed by atoms with Crippen molar-refractivity contribution in [3.63, 3.8) is 0 Å². The van der Waals surface area contributed by atoms with E-state index in [1.54, 1.807) is 23.3 Å². The lowest BCUT2D eigenvalue weighted by atomic mass is 10.1. The largest absolute Gasteiger partial charge is 0.497 e. The number of thiophene rings is 1. The quantitative estimate of drug-likeness (QED) is 0.597. The molecule has 0 spiro atoms. The van der Waals surface area contributed by atoms with Gasteiger partial charge in [0.1, 0.15) is 5.75 Å². The van der Waals surface area contributed by atoms with Gasteiger partial charge >= 0.3 is 0 Å². The normalized spacial score (nSPS) is 14.4. The Morgan fingerprint density at radius 1 is 1.20 bits per heavy atom. The molecule has 1 atom stereocenters. The molecule has 6 nitrogen and oxygen atoms in total. The molecule has 2 aromatic rings. The average molecular weight is 430 g/mol. The van der Waals surface area contributed by atoms with Gasteiger partial charge in [-0.2, -0.15) is 0 Å². The minimum Gasteiger partial charge on any atom is -0.497 e. The number of benzene rings is 1. The zero-order chi connectivity index (χ0) is 21.5. The fraction of sp³-hybridized carbons (Fsp3) is 0.478. The summed E-state index contributed by atoms with van der Waals surface area (Å²) >= 11 is 1.71. The van der Waals surface area contributed by atoms with Gasteiger partial charge in [-0.05, 0) is 56.0 Å². The van der Waals surface area contributed by atoms with Crippen molar-refractivity contribution in [1.29, 1.82) is 0 Å². The summed E-state index contributed by atoms with van der Waals surface area (Å²) in [5, 5.41) is 5.03. The lowest BCUT2D eigenvalue weighted by molar-refractivity contribution is -0.135. The first-order valence-corrected chi connectivity index (χ1v) is 11.2. The molecule has 0 saturated heterocycles. The van der Waals surface area contributed by atoms with Crippen molar-refractivity contribution >= 4 is 23.2 Å². The van der Waals surface area contributed by atoms with Crippen LogP contribution in [0.15, 0.2) is 41.8 Å². The number of likely N-dealkylation sites (N-methyl/N-ethyl adjacent to an activating group) is 1. The minimum atomic E-state index is -0.0128. The molecule has 1 N–H and O–H groups in total. The summed E-state index contributed by atoms with van der Waals surface area (Å²) in [6, 6.07) is 12.3. The van der Waals surface area contributed by atoms with E-state index in [2.05, 4.69) is 23.7 Å². The zero-order valence-corrected chi connectivity index (χ0v) is 18.8. The van der Waals surface area contributed by atoms with Gasteiger partial charge in [-0.3, -0.25) is 14.5 Å². The van der Waals surface area contributed by atoms with Crippen LogP contribution in [0.3, 0.4) is 0 Å². The smallest absolute Gasteiger partial charge is 0.237 e. The minimum absolute atomic E-state index is 0.0128. The van der Waals surface area contributed by atoms with Gasteiger partial charge in [-0.1, -0.05) is 18.2 Å². The van der Waals surface area contributed by atoms with Crippen molar-refractivity contribution in [3.05, 3.63) is 52.2 Å². The van der Waals surface area contributed by atoms with Crippen LogP contribution >= 0.6 is 11.3 Å². The molecule has 1 aliphatic rings. The molecule has 162 valence electrons. The van der Waals surface area contributed by atoms with E-state index in [0.29, 0.717) is 12.6 Å². The van der Waals surface area contributed by atoms with Gasteiger partial charge < -0.3 is 15.0 Å². The molecule has 1 heterocycles. The number of rotatable bonds is 11. The van der Waals surface area contributed by atoms with Crippen LogP contribution in [0, 0.1) is 0 Å². The highest BCUT2D eigenvalue weighted by Crippen LogP contribution is 2.19. The van der Waals surface area contributed by atoms with Crippen molar-refractivity contribution < 1.29 is 14.3 Å². The van der Waals surface area contributed by atoms with Gasteiger partial charge in [0.15, 0.2) is 0 Å².